The number of hydrogen-bond acceptors (Lipinski definition) is 6. The molecule has 1 aromatic carbocycles. The molecule has 7 nitrogen and oxygen atoms in total. The molecule has 0 fully saturated rings. The van der Waals surface area contributed by atoms with Gasteiger partial charge in [-0.3, -0.25) is 4.79 Å². The van der Waals surface area contributed by atoms with Crippen LogP contribution in [0.3, 0.4) is 0 Å². The monoisotopic (exact) mass is 330 g/mol. The van der Waals surface area contributed by atoms with Gasteiger partial charge in [-0.25, -0.2) is 4.79 Å². The summed E-state index contributed by atoms with van der Waals surface area (Å²) >= 11 is 0. The molecule has 2 aromatic rings. The summed E-state index contributed by atoms with van der Waals surface area (Å²) in [6, 6.07) is 5.07. The first-order valence-corrected chi connectivity index (χ1v) is 7.68. The fourth-order valence-electron chi connectivity index (χ4n) is 2.90. The van der Waals surface area contributed by atoms with Gasteiger partial charge in [0.2, 0.25) is 0 Å². The Hall–Kier alpha value is -2.83. The van der Waals surface area contributed by atoms with Gasteiger partial charge in [-0.05, 0) is 43.9 Å². The zero-order valence-corrected chi connectivity index (χ0v) is 13.1. The van der Waals surface area contributed by atoms with Gasteiger partial charge in [-0.2, -0.15) is 0 Å². The second-order valence-electron chi connectivity index (χ2n) is 5.71. The average Bonchev–Trinajstić information content (AvgIpc) is 3.02. The molecule has 0 saturated carbocycles. The predicted molar refractivity (Wildman–Crippen MR) is 82.6 cm³/mol. The van der Waals surface area contributed by atoms with Crippen LogP contribution in [0.5, 0.6) is 5.75 Å². The summed E-state index contributed by atoms with van der Waals surface area (Å²) in [6.45, 7) is 0.916. The first-order chi connectivity index (χ1) is 11.5. The molecule has 1 atom stereocenters. The van der Waals surface area contributed by atoms with Crippen LogP contribution in [0.15, 0.2) is 27.4 Å². The van der Waals surface area contributed by atoms with E-state index < -0.39 is 24.5 Å². The lowest BCUT2D eigenvalue weighted by atomic mass is 10.1. The van der Waals surface area contributed by atoms with Crippen LogP contribution >= 0.6 is 0 Å². The van der Waals surface area contributed by atoms with E-state index in [0.29, 0.717) is 11.3 Å². The number of benzene rings is 1. The molecule has 1 N–H and O–H groups in total. The zero-order chi connectivity index (χ0) is 17.3. The van der Waals surface area contributed by atoms with Crippen LogP contribution in [-0.4, -0.2) is 24.5 Å². The molecule has 24 heavy (non-hydrogen) atoms. The highest BCUT2D eigenvalue weighted by atomic mass is 16.5. The van der Waals surface area contributed by atoms with E-state index >= 15 is 0 Å². The summed E-state index contributed by atoms with van der Waals surface area (Å²) in [4.78, 5) is 34.1. The number of carbonyl (C=O) groups excluding carboxylic acids is 2. The molecular formula is C17H16NO6-. The first-order valence-electron chi connectivity index (χ1n) is 7.68. The van der Waals surface area contributed by atoms with Gasteiger partial charge in [0.15, 0.2) is 6.10 Å². The van der Waals surface area contributed by atoms with Crippen LogP contribution in [-0.2, 0) is 22.4 Å². The summed E-state index contributed by atoms with van der Waals surface area (Å²) in [5.41, 5.74) is 1.85. The van der Waals surface area contributed by atoms with Crippen molar-refractivity contribution in [2.75, 3.05) is 6.54 Å². The van der Waals surface area contributed by atoms with E-state index in [2.05, 4.69) is 5.32 Å². The van der Waals surface area contributed by atoms with Crippen molar-refractivity contribution >= 4 is 22.8 Å². The quantitative estimate of drug-likeness (QED) is 0.768. The fraction of sp³-hybridized carbons (Fsp3) is 0.353. The van der Waals surface area contributed by atoms with Crippen LogP contribution in [0.2, 0.25) is 0 Å². The second-order valence-corrected chi connectivity index (χ2v) is 5.71. The molecule has 7 heteroatoms. The number of carboxylic acid groups (broad SMARTS) is 1. The minimum absolute atomic E-state index is 0.327. The number of amides is 1. The highest BCUT2D eigenvalue weighted by Crippen LogP contribution is 2.29. The minimum atomic E-state index is -1.38. The van der Waals surface area contributed by atoms with Crippen LogP contribution < -0.4 is 20.8 Å². The summed E-state index contributed by atoms with van der Waals surface area (Å²) in [6.07, 6.45) is 1.62. The molecule has 1 aliphatic rings. The molecule has 126 valence electrons. The fourth-order valence-corrected chi connectivity index (χ4v) is 2.90. The zero-order valence-electron chi connectivity index (χ0n) is 13.1. The first kappa shape index (κ1) is 16.0. The minimum Gasteiger partial charge on any atom is -0.548 e. The Balaban J connectivity index is 1.81. The molecule has 0 aliphatic heterocycles. The van der Waals surface area contributed by atoms with E-state index in [4.69, 9.17) is 9.15 Å². The lowest BCUT2D eigenvalue weighted by molar-refractivity contribution is -0.304. The highest BCUT2D eigenvalue weighted by molar-refractivity contribution is 5.85. The summed E-state index contributed by atoms with van der Waals surface area (Å²) < 4.78 is 10.8. The van der Waals surface area contributed by atoms with Gasteiger partial charge in [-0.15, -0.1) is 0 Å². The number of rotatable bonds is 5. The van der Waals surface area contributed by atoms with Crippen molar-refractivity contribution in [1.82, 2.24) is 5.32 Å². The maximum Gasteiger partial charge on any atom is 0.339 e. The number of nitrogens with one attached hydrogen (secondary N) is 1. The Kier molecular flexibility index (Phi) is 4.24. The molecule has 0 unspecified atom stereocenters. The van der Waals surface area contributed by atoms with Crippen molar-refractivity contribution in [3.63, 3.8) is 0 Å². The molecule has 0 saturated heterocycles. The third kappa shape index (κ3) is 3.10. The summed E-state index contributed by atoms with van der Waals surface area (Å²) in [5, 5.41) is 13.4. The SMILES string of the molecule is C[C@H](Oc1ccc2c3c(c(=O)oc2c1)CCC3)C(=O)NCC(=O)[O-]. The number of aryl methyl sites for hydroxylation is 1. The molecule has 1 amide bonds. The molecule has 0 spiro atoms. The normalized spacial score (nSPS) is 14.2. The van der Waals surface area contributed by atoms with Crippen molar-refractivity contribution in [2.45, 2.75) is 32.3 Å². The maximum atomic E-state index is 12.0. The standard InChI is InChI=1S/C17H17NO6/c1-9(16(21)18-8-15(19)20)23-10-5-6-12-11-3-2-4-13(11)17(22)24-14(12)7-10/h5-7,9H,2-4,8H2,1H3,(H,18,21)(H,19,20)/p-1/t9-/m0/s1. The van der Waals surface area contributed by atoms with Crippen LogP contribution in [0.4, 0.5) is 0 Å². The molecule has 0 bridgehead atoms. The van der Waals surface area contributed by atoms with E-state index in [-0.39, 0.29) is 5.63 Å². The lowest BCUT2D eigenvalue weighted by Crippen LogP contribution is -2.43. The van der Waals surface area contributed by atoms with Gasteiger partial charge in [0.1, 0.15) is 11.3 Å². The van der Waals surface area contributed by atoms with Crippen LogP contribution in [0, 0.1) is 0 Å². The number of aliphatic carboxylic acids is 1. The Morgan fingerprint density at radius 3 is 2.83 bits per heavy atom. The smallest absolute Gasteiger partial charge is 0.339 e. The van der Waals surface area contributed by atoms with E-state index in [1.807, 2.05) is 6.07 Å². The number of carboxylic acids is 1. The summed E-state index contributed by atoms with van der Waals surface area (Å²) in [7, 11) is 0. The van der Waals surface area contributed by atoms with E-state index in [1.165, 1.54) is 6.92 Å². The average molecular weight is 330 g/mol. The van der Waals surface area contributed by atoms with Crippen molar-refractivity contribution in [1.29, 1.82) is 0 Å². The van der Waals surface area contributed by atoms with Crippen molar-refractivity contribution in [3.05, 3.63) is 39.7 Å². The number of fused-ring (bicyclic) bond motifs is 3. The molecule has 3 rings (SSSR count). The van der Waals surface area contributed by atoms with Gasteiger partial charge in [0.25, 0.3) is 5.91 Å². The van der Waals surface area contributed by atoms with E-state index in [9.17, 15) is 19.5 Å². The van der Waals surface area contributed by atoms with Crippen LogP contribution in [0.1, 0.15) is 24.5 Å². The third-order valence-electron chi connectivity index (χ3n) is 4.03. The topological polar surface area (TPSA) is 109 Å². The van der Waals surface area contributed by atoms with Crippen molar-refractivity contribution < 1.29 is 23.8 Å². The van der Waals surface area contributed by atoms with E-state index in [1.54, 1.807) is 12.1 Å². The van der Waals surface area contributed by atoms with Gasteiger partial charge >= 0.3 is 5.63 Å². The molecule has 1 aromatic heterocycles. The predicted octanol–water partition coefficient (Wildman–Crippen LogP) is -0.0849. The number of hydrogen-bond donors (Lipinski definition) is 1. The van der Waals surface area contributed by atoms with Gasteiger partial charge in [0, 0.05) is 17.0 Å². The van der Waals surface area contributed by atoms with Gasteiger partial charge < -0.3 is 24.4 Å². The number of ether oxygens (including phenoxy) is 1. The number of carbonyl (C=O) groups is 2. The Bertz CT molecular complexity index is 869. The van der Waals surface area contributed by atoms with Crippen molar-refractivity contribution in [3.8, 4) is 5.75 Å². The molecule has 1 aliphatic carbocycles. The largest absolute Gasteiger partial charge is 0.548 e. The molecular weight excluding hydrogens is 314 g/mol. The molecule has 1 heterocycles. The van der Waals surface area contributed by atoms with Crippen molar-refractivity contribution in [2.24, 2.45) is 0 Å². The van der Waals surface area contributed by atoms with E-state index in [0.717, 1.165) is 35.8 Å². The Morgan fingerprint density at radius 2 is 2.08 bits per heavy atom. The van der Waals surface area contributed by atoms with Crippen LogP contribution in [0.25, 0.3) is 11.0 Å². The van der Waals surface area contributed by atoms with Gasteiger partial charge in [-0.1, -0.05) is 0 Å². The molecule has 0 radical (unpaired) electrons. The highest BCUT2D eigenvalue weighted by Gasteiger charge is 2.20. The van der Waals surface area contributed by atoms with Gasteiger partial charge in [0.05, 0.1) is 12.5 Å². The maximum absolute atomic E-state index is 12.0. The summed E-state index contributed by atoms with van der Waals surface area (Å²) in [5.74, 6) is -1.59. The second kappa shape index (κ2) is 6.35. The third-order valence-corrected chi connectivity index (χ3v) is 4.03. The lowest BCUT2D eigenvalue weighted by Gasteiger charge is -2.15. The Morgan fingerprint density at radius 1 is 1.33 bits per heavy atom. The Labute approximate surface area is 137 Å².